The Hall–Kier alpha value is -0.560. The van der Waals surface area contributed by atoms with Gasteiger partial charge in [-0.2, -0.15) is 0 Å². The molecule has 20 heavy (non-hydrogen) atoms. The molecule has 2 aromatic rings. The van der Waals surface area contributed by atoms with Crippen LogP contribution < -0.4 is 17.7 Å². The predicted octanol–water partition coefficient (Wildman–Crippen LogP) is 0.553. The van der Waals surface area contributed by atoms with Crippen molar-refractivity contribution in [1.82, 2.24) is 15.5 Å². The lowest BCUT2D eigenvalue weighted by atomic mass is 10.2. The lowest BCUT2D eigenvalue weighted by molar-refractivity contribution is -0.00000437. The van der Waals surface area contributed by atoms with Crippen LogP contribution in [0.2, 0.25) is 0 Å². The summed E-state index contributed by atoms with van der Waals surface area (Å²) < 4.78 is 6.77. The summed E-state index contributed by atoms with van der Waals surface area (Å²) in [5, 5.41) is 12.2. The molecule has 2 heterocycles. The Morgan fingerprint density at radius 2 is 2.10 bits per heavy atom. The molecule has 3 rings (SSSR count). The lowest BCUT2D eigenvalue weighted by Crippen LogP contribution is -3.00. The van der Waals surface area contributed by atoms with E-state index in [1.165, 1.54) is 12.0 Å². The van der Waals surface area contributed by atoms with Crippen molar-refractivity contribution in [2.24, 2.45) is 0 Å². The van der Waals surface area contributed by atoms with Crippen molar-refractivity contribution in [3.8, 4) is 0 Å². The van der Waals surface area contributed by atoms with Gasteiger partial charge in [0.15, 0.2) is 0 Å². The zero-order chi connectivity index (χ0) is 13.1. The highest BCUT2D eigenvalue weighted by molar-refractivity contribution is 9.10. The summed E-state index contributed by atoms with van der Waals surface area (Å²) in [5.41, 5.74) is 1.24. The largest absolute Gasteiger partial charge is 1.00 e. The fraction of sp³-hybridized carbons (Fsp3) is 0.385. The summed E-state index contributed by atoms with van der Waals surface area (Å²) in [6.07, 6.45) is 2.26. The minimum atomic E-state index is 0. The fourth-order valence-corrected chi connectivity index (χ4v) is 3.03. The number of hydrogen-bond donors (Lipinski definition) is 1. The molecule has 108 valence electrons. The van der Waals surface area contributed by atoms with Crippen LogP contribution in [-0.4, -0.2) is 16.7 Å². The smallest absolute Gasteiger partial charge is 0.276 e. The molecule has 1 N–H and O–H groups in total. The van der Waals surface area contributed by atoms with Gasteiger partial charge in [-0.15, -0.1) is 10.2 Å². The molecule has 0 unspecified atom stereocenters. The summed E-state index contributed by atoms with van der Waals surface area (Å²) >= 11 is 5.00. The van der Waals surface area contributed by atoms with Gasteiger partial charge >= 0.3 is 0 Å². The van der Waals surface area contributed by atoms with Crippen LogP contribution in [0.4, 0.5) is 0 Å². The van der Waals surface area contributed by atoms with Gasteiger partial charge < -0.3 is 22.1 Å². The molecule has 0 spiro atoms. The standard InChI is InChI=1S/C13H14BrN3OS.ClH/c14-10-5-3-9(4-6-10)8-19-13-17-16-12(18-13)11-2-1-7-15-11;/h3-6,11,15H,1-2,7-8H2;1H/p-1/t11-;/m0./s1. The first kappa shape index (κ1) is 15.8. The third-order valence-electron chi connectivity index (χ3n) is 3.06. The third-order valence-corrected chi connectivity index (χ3v) is 4.47. The molecule has 1 aromatic heterocycles. The molecule has 1 aliphatic rings. The van der Waals surface area contributed by atoms with Gasteiger partial charge in [-0.25, -0.2) is 0 Å². The highest BCUT2D eigenvalue weighted by Gasteiger charge is 2.22. The molecule has 1 aliphatic heterocycles. The predicted molar refractivity (Wildman–Crippen MR) is 78.0 cm³/mol. The molecule has 4 nitrogen and oxygen atoms in total. The molecule has 0 radical (unpaired) electrons. The molecule has 0 saturated carbocycles. The van der Waals surface area contributed by atoms with Gasteiger partial charge in [-0.1, -0.05) is 39.8 Å². The van der Waals surface area contributed by atoms with Crippen LogP contribution in [0.1, 0.15) is 30.3 Å². The van der Waals surface area contributed by atoms with Gasteiger partial charge in [-0.05, 0) is 37.1 Å². The first-order valence-electron chi connectivity index (χ1n) is 6.25. The average molecular weight is 376 g/mol. The second kappa shape index (κ2) is 7.45. The van der Waals surface area contributed by atoms with Gasteiger partial charge in [0.1, 0.15) is 0 Å². The van der Waals surface area contributed by atoms with Crippen molar-refractivity contribution >= 4 is 27.7 Å². The summed E-state index contributed by atoms with van der Waals surface area (Å²) in [5.74, 6) is 1.56. The Morgan fingerprint density at radius 1 is 1.30 bits per heavy atom. The summed E-state index contributed by atoms with van der Waals surface area (Å²) in [6, 6.07) is 8.50. The molecule has 0 aliphatic carbocycles. The second-order valence-electron chi connectivity index (χ2n) is 4.47. The Morgan fingerprint density at radius 3 is 2.80 bits per heavy atom. The van der Waals surface area contributed by atoms with Gasteiger partial charge in [0.25, 0.3) is 5.22 Å². The number of hydrogen-bond acceptors (Lipinski definition) is 5. The van der Waals surface area contributed by atoms with E-state index in [2.05, 4.69) is 43.6 Å². The molecule has 1 saturated heterocycles. The number of aromatic nitrogens is 2. The van der Waals surface area contributed by atoms with Crippen molar-refractivity contribution < 1.29 is 16.8 Å². The Labute approximate surface area is 136 Å². The summed E-state index contributed by atoms with van der Waals surface area (Å²) in [4.78, 5) is 0. The van der Waals surface area contributed by atoms with E-state index < -0.39 is 0 Å². The number of nitrogens with one attached hydrogen (secondary N) is 1. The molecule has 0 amide bonds. The average Bonchev–Trinajstić information content (AvgIpc) is 3.09. The molecule has 1 atom stereocenters. The van der Waals surface area contributed by atoms with Gasteiger partial charge in [-0.3, -0.25) is 0 Å². The van der Waals surface area contributed by atoms with Crippen LogP contribution in [0.25, 0.3) is 0 Å². The maximum atomic E-state index is 5.68. The SMILES string of the molecule is Brc1ccc(CSc2nnc([C@@H]3CCCN3)o2)cc1.[Cl-]. The summed E-state index contributed by atoms with van der Waals surface area (Å²) in [7, 11) is 0. The number of nitrogens with zero attached hydrogens (tertiary/aromatic N) is 2. The highest BCUT2D eigenvalue weighted by Crippen LogP contribution is 2.27. The van der Waals surface area contributed by atoms with E-state index in [4.69, 9.17) is 4.42 Å². The Bertz CT molecular complexity index is 543. The Balaban J connectivity index is 0.00000147. The van der Waals surface area contributed by atoms with Crippen LogP contribution in [0, 0.1) is 0 Å². The van der Waals surface area contributed by atoms with Crippen molar-refractivity contribution in [3.05, 3.63) is 40.2 Å². The van der Waals surface area contributed by atoms with Crippen molar-refractivity contribution in [1.29, 1.82) is 0 Å². The van der Waals surface area contributed by atoms with Gasteiger partial charge in [0, 0.05) is 10.2 Å². The zero-order valence-electron chi connectivity index (χ0n) is 10.7. The number of benzene rings is 1. The lowest BCUT2D eigenvalue weighted by Gasteiger charge is -2.02. The van der Waals surface area contributed by atoms with Crippen LogP contribution in [0.3, 0.4) is 0 Å². The number of rotatable bonds is 4. The summed E-state index contributed by atoms with van der Waals surface area (Å²) in [6.45, 7) is 1.04. The molecular formula is C13H14BrClN3OS-. The quantitative estimate of drug-likeness (QED) is 0.791. The van der Waals surface area contributed by atoms with Crippen molar-refractivity contribution in [2.45, 2.75) is 29.9 Å². The first-order valence-corrected chi connectivity index (χ1v) is 8.03. The minimum Gasteiger partial charge on any atom is -1.00 e. The van der Waals surface area contributed by atoms with Crippen LogP contribution in [0.5, 0.6) is 0 Å². The van der Waals surface area contributed by atoms with E-state index in [9.17, 15) is 0 Å². The number of halogens is 2. The third kappa shape index (κ3) is 3.97. The van der Waals surface area contributed by atoms with Gasteiger partial charge in [0.05, 0.1) is 6.04 Å². The fourth-order valence-electron chi connectivity index (χ4n) is 2.04. The van der Waals surface area contributed by atoms with E-state index >= 15 is 0 Å². The van der Waals surface area contributed by atoms with Crippen molar-refractivity contribution in [2.75, 3.05) is 6.54 Å². The minimum absolute atomic E-state index is 0. The monoisotopic (exact) mass is 374 g/mol. The van der Waals surface area contributed by atoms with E-state index in [1.54, 1.807) is 11.8 Å². The topological polar surface area (TPSA) is 51.0 Å². The zero-order valence-corrected chi connectivity index (χ0v) is 13.8. The van der Waals surface area contributed by atoms with Gasteiger partial charge in [0.2, 0.25) is 5.89 Å². The van der Waals surface area contributed by atoms with E-state index in [1.807, 2.05) is 12.1 Å². The number of thioether (sulfide) groups is 1. The molecule has 1 aromatic carbocycles. The van der Waals surface area contributed by atoms with E-state index in [-0.39, 0.29) is 18.4 Å². The maximum absolute atomic E-state index is 5.68. The first-order chi connectivity index (χ1) is 9.31. The Kier molecular flexibility index (Phi) is 5.89. The molecule has 7 heteroatoms. The molecule has 1 fully saturated rings. The molecule has 0 bridgehead atoms. The normalized spacial score (nSPS) is 17.9. The van der Waals surface area contributed by atoms with Crippen LogP contribution in [0.15, 0.2) is 38.4 Å². The van der Waals surface area contributed by atoms with E-state index in [0.29, 0.717) is 5.22 Å². The van der Waals surface area contributed by atoms with Crippen LogP contribution in [-0.2, 0) is 5.75 Å². The van der Waals surface area contributed by atoms with Crippen LogP contribution >= 0.6 is 27.7 Å². The van der Waals surface area contributed by atoms with E-state index in [0.717, 1.165) is 29.1 Å². The highest BCUT2D eigenvalue weighted by atomic mass is 79.9. The maximum Gasteiger partial charge on any atom is 0.276 e. The molecular weight excluding hydrogens is 362 g/mol. The van der Waals surface area contributed by atoms with Crippen molar-refractivity contribution in [3.63, 3.8) is 0 Å². The second-order valence-corrected chi connectivity index (χ2v) is 6.31.